The molecule has 1 amide bonds. The molecule has 0 saturated heterocycles. The molecule has 0 unspecified atom stereocenters. The Kier molecular flexibility index (Phi) is 6.06. The maximum Gasteiger partial charge on any atom is 0.387 e. The Morgan fingerprint density at radius 3 is 2.67 bits per heavy atom. The number of ether oxygens (including phenoxy) is 1. The van der Waals surface area contributed by atoms with Gasteiger partial charge in [-0.2, -0.15) is 13.9 Å². The molecule has 5 nitrogen and oxygen atoms in total. The van der Waals surface area contributed by atoms with E-state index in [1.165, 1.54) is 18.2 Å². The van der Waals surface area contributed by atoms with Crippen LogP contribution in [0.2, 0.25) is 0 Å². The van der Waals surface area contributed by atoms with Gasteiger partial charge in [-0.3, -0.25) is 9.48 Å². The van der Waals surface area contributed by atoms with Gasteiger partial charge in [0.05, 0.1) is 6.20 Å². The van der Waals surface area contributed by atoms with Crippen LogP contribution in [0, 0.1) is 6.92 Å². The van der Waals surface area contributed by atoms with E-state index in [1.54, 1.807) is 24.4 Å². The maximum atomic E-state index is 12.1. The number of alkyl halides is 2. The van der Waals surface area contributed by atoms with Crippen molar-refractivity contribution in [1.29, 1.82) is 0 Å². The molecule has 1 N–H and O–H groups in total. The second-order valence-electron chi connectivity index (χ2n) is 5.07. The number of benzene rings is 1. The number of amides is 1. The number of halogens is 2. The van der Waals surface area contributed by atoms with E-state index in [1.807, 2.05) is 18.5 Å². The molecule has 0 bridgehead atoms. The summed E-state index contributed by atoms with van der Waals surface area (Å²) < 4.78 is 30.2. The molecule has 1 aromatic carbocycles. The van der Waals surface area contributed by atoms with Gasteiger partial charge in [-0.25, -0.2) is 0 Å². The highest BCUT2D eigenvalue weighted by Crippen LogP contribution is 2.15. The molecule has 1 heterocycles. The molecule has 1 aromatic heterocycles. The van der Waals surface area contributed by atoms with Gasteiger partial charge in [0, 0.05) is 30.4 Å². The van der Waals surface area contributed by atoms with Crippen LogP contribution < -0.4 is 10.1 Å². The lowest BCUT2D eigenvalue weighted by molar-refractivity contribution is -0.116. The Morgan fingerprint density at radius 1 is 1.38 bits per heavy atom. The molecule has 128 valence electrons. The smallest absolute Gasteiger partial charge is 0.387 e. The number of hydrogen-bond acceptors (Lipinski definition) is 3. The summed E-state index contributed by atoms with van der Waals surface area (Å²) in [6, 6.07) is 6.03. The molecular formula is C17H19F2N3O2. The predicted molar refractivity (Wildman–Crippen MR) is 86.6 cm³/mol. The first-order valence-corrected chi connectivity index (χ1v) is 7.51. The minimum atomic E-state index is -2.85. The van der Waals surface area contributed by atoms with Gasteiger partial charge in [0.15, 0.2) is 0 Å². The fourth-order valence-corrected chi connectivity index (χ4v) is 2.15. The van der Waals surface area contributed by atoms with Gasteiger partial charge in [0.25, 0.3) is 0 Å². The van der Waals surface area contributed by atoms with E-state index >= 15 is 0 Å². The first-order valence-electron chi connectivity index (χ1n) is 7.51. The van der Waals surface area contributed by atoms with E-state index < -0.39 is 6.61 Å². The molecule has 0 aliphatic carbocycles. The highest BCUT2D eigenvalue weighted by Gasteiger charge is 2.06. The lowest BCUT2D eigenvalue weighted by Crippen LogP contribution is -2.20. The number of rotatable bonds is 7. The van der Waals surface area contributed by atoms with Crippen molar-refractivity contribution in [3.8, 4) is 5.75 Å². The zero-order chi connectivity index (χ0) is 17.5. The van der Waals surface area contributed by atoms with Crippen LogP contribution in [0.4, 0.5) is 8.78 Å². The molecule has 0 fully saturated rings. The van der Waals surface area contributed by atoms with Crippen molar-refractivity contribution in [1.82, 2.24) is 15.1 Å². The van der Waals surface area contributed by atoms with Crippen molar-refractivity contribution >= 4 is 12.0 Å². The average Bonchev–Trinajstić information content (AvgIpc) is 2.91. The van der Waals surface area contributed by atoms with Crippen molar-refractivity contribution < 1.29 is 18.3 Å². The third-order valence-corrected chi connectivity index (χ3v) is 3.49. The van der Waals surface area contributed by atoms with Gasteiger partial charge in [-0.15, -0.1) is 0 Å². The standard InChI is InChI=1S/C17H19F2N3O2/c1-3-22-12(2)14(11-21-22)10-20-16(23)9-6-13-4-7-15(8-5-13)24-17(18)19/h4-9,11,17H,3,10H2,1-2H3,(H,20,23). The summed E-state index contributed by atoms with van der Waals surface area (Å²) in [5.74, 6) is -0.165. The van der Waals surface area contributed by atoms with E-state index in [-0.39, 0.29) is 11.7 Å². The van der Waals surface area contributed by atoms with Crippen LogP contribution in [-0.2, 0) is 17.9 Å². The van der Waals surface area contributed by atoms with Gasteiger partial charge < -0.3 is 10.1 Å². The summed E-state index contributed by atoms with van der Waals surface area (Å²) in [5, 5.41) is 7.00. The zero-order valence-corrected chi connectivity index (χ0v) is 13.5. The van der Waals surface area contributed by atoms with E-state index in [0.717, 1.165) is 17.8 Å². The minimum Gasteiger partial charge on any atom is -0.435 e. The van der Waals surface area contributed by atoms with Crippen molar-refractivity contribution in [2.45, 2.75) is 33.5 Å². The van der Waals surface area contributed by atoms with Crippen LogP contribution in [0.3, 0.4) is 0 Å². The lowest BCUT2D eigenvalue weighted by atomic mass is 10.2. The second-order valence-corrected chi connectivity index (χ2v) is 5.07. The third-order valence-electron chi connectivity index (χ3n) is 3.49. The summed E-state index contributed by atoms with van der Waals surface area (Å²) in [5.41, 5.74) is 2.70. The fourth-order valence-electron chi connectivity index (χ4n) is 2.15. The number of carbonyl (C=O) groups excluding carboxylic acids is 1. The Morgan fingerprint density at radius 2 is 2.08 bits per heavy atom. The Bertz CT molecular complexity index is 709. The highest BCUT2D eigenvalue weighted by atomic mass is 19.3. The molecule has 0 spiro atoms. The zero-order valence-electron chi connectivity index (χ0n) is 13.5. The molecule has 7 heteroatoms. The summed E-state index contributed by atoms with van der Waals surface area (Å²) in [7, 11) is 0. The molecule has 0 aliphatic rings. The highest BCUT2D eigenvalue weighted by molar-refractivity contribution is 5.91. The SMILES string of the molecule is CCn1ncc(CNC(=O)C=Cc2ccc(OC(F)F)cc2)c1C. The molecule has 24 heavy (non-hydrogen) atoms. The average molecular weight is 335 g/mol. The Labute approximate surface area is 138 Å². The van der Waals surface area contributed by atoms with E-state index in [0.29, 0.717) is 12.1 Å². The maximum absolute atomic E-state index is 12.1. The van der Waals surface area contributed by atoms with Gasteiger partial charge in [0.1, 0.15) is 5.75 Å². The number of hydrogen-bond donors (Lipinski definition) is 1. The van der Waals surface area contributed by atoms with Gasteiger partial charge in [0.2, 0.25) is 5.91 Å². The first-order chi connectivity index (χ1) is 11.5. The van der Waals surface area contributed by atoms with Crippen LogP contribution in [-0.4, -0.2) is 22.3 Å². The quantitative estimate of drug-likeness (QED) is 0.791. The number of nitrogens with one attached hydrogen (secondary N) is 1. The van der Waals surface area contributed by atoms with Gasteiger partial charge in [-0.1, -0.05) is 12.1 Å². The summed E-state index contributed by atoms with van der Waals surface area (Å²) in [6.45, 7) is 2.29. The van der Waals surface area contributed by atoms with Crippen LogP contribution in [0.5, 0.6) is 5.75 Å². The largest absolute Gasteiger partial charge is 0.435 e. The van der Waals surface area contributed by atoms with E-state index in [9.17, 15) is 13.6 Å². The Hall–Kier alpha value is -2.70. The summed E-state index contributed by atoms with van der Waals surface area (Å²) in [6.07, 6.45) is 4.73. The van der Waals surface area contributed by atoms with Crippen molar-refractivity contribution in [2.24, 2.45) is 0 Å². The number of carbonyl (C=O) groups is 1. The monoisotopic (exact) mass is 335 g/mol. The lowest BCUT2D eigenvalue weighted by Gasteiger charge is -2.04. The Balaban J connectivity index is 1.87. The molecule has 0 saturated carbocycles. The minimum absolute atomic E-state index is 0.0787. The normalized spacial score (nSPS) is 11.2. The summed E-state index contributed by atoms with van der Waals surface area (Å²) in [4.78, 5) is 11.8. The topological polar surface area (TPSA) is 56.2 Å². The third kappa shape index (κ3) is 4.91. The summed E-state index contributed by atoms with van der Waals surface area (Å²) >= 11 is 0. The van der Waals surface area contributed by atoms with Crippen LogP contribution in [0.25, 0.3) is 6.08 Å². The van der Waals surface area contributed by atoms with Crippen molar-refractivity contribution in [3.05, 3.63) is 53.4 Å². The number of aromatic nitrogens is 2. The number of aryl methyl sites for hydroxylation is 1. The molecule has 2 aromatic rings. The van der Waals surface area contributed by atoms with Gasteiger partial charge >= 0.3 is 6.61 Å². The first kappa shape index (κ1) is 17.7. The van der Waals surface area contributed by atoms with Gasteiger partial charge in [-0.05, 0) is 37.6 Å². The molecule has 0 aliphatic heterocycles. The predicted octanol–water partition coefficient (Wildman–Crippen LogP) is 3.14. The van der Waals surface area contributed by atoms with Crippen LogP contribution in [0.15, 0.2) is 36.5 Å². The second kappa shape index (κ2) is 8.24. The van der Waals surface area contributed by atoms with Crippen LogP contribution >= 0.6 is 0 Å². The molecule has 2 rings (SSSR count). The molecule has 0 atom stereocenters. The van der Waals surface area contributed by atoms with Crippen molar-refractivity contribution in [2.75, 3.05) is 0 Å². The fraction of sp³-hybridized carbons (Fsp3) is 0.294. The van der Waals surface area contributed by atoms with Crippen LogP contribution in [0.1, 0.15) is 23.7 Å². The van der Waals surface area contributed by atoms with E-state index in [4.69, 9.17) is 0 Å². The molecule has 0 radical (unpaired) electrons. The number of nitrogens with zero attached hydrogens (tertiary/aromatic N) is 2. The molecular weight excluding hydrogens is 316 g/mol. The van der Waals surface area contributed by atoms with Crippen molar-refractivity contribution in [3.63, 3.8) is 0 Å². The van der Waals surface area contributed by atoms with E-state index in [2.05, 4.69) is 15.2 Å².